The minimum atomic E-state index is -0.144. The molecule has 4 rings (SSSR count). The zero-order valence-electron chi connectivity index (χ0n) is 15.4. The van der Waals surface area contributed by atoms with Gasteiger partial charge in [-0.3, -0.25) is 14.2 Å². The fraction of sp³-hybridized carbons (Fsp3) is 0.381. The second-order valence-corrected chi connectivity index (χ2v) is 8.18. The Morgan fingerprint density at radius 3 is 2.70 bits per heavy atom. The predicted octanol–water partition coefficient (Wildman–Crippen LogP) is 3.88. The Balaban J connectivity index is 1.61. The molecular formula is C21H23N3O2S. The van der Waals surface area contributed by atoms with Crippen LogP contribution in [0.25, 0.3) is 20.7 Å². The minimum Gasteiger partial charge on any atom is -0.352 e. The molecule has 0 saturated heterocycles. The lowest BCUT2D eigenvalue weighted by molar-refractivity contribution is -0.122. The summed E-state index contributed by atoms with van der Waals surface area (Å²) in [5.74, 6) is 0.472. The molecule has 2 heterocycles. The molecule has 0 aliphatic heterocycles. The maximum Gasteiger partial charge on any atom is 0.262 e. The fourth-order valence-electron chi connectivity index (χ4n) is 3.71. The van der Waals surface area contributed by atoms with Crippen molar-refractivity contribution in [3.05, 3.63) is 52.6 Å². The number of thiophene rings is 1. The minimum absolute atomic E-state index is 0.0284. The predicted molar refractivity (Wildman–Crippen MR) is 109 cm³/mol. The van der Waals surface area contributed by atoms with Crippen LogP contribution in [-0.4, -0.2) is 21.5 Å². The highest BCUT2D eigenvalue weighted by Crippen LogP contribution is 2.30. The van der Waals surface area contributed by atoms with Gasteiger partial charge in [-0.2, -0.15) is 0 Å². The summed E-state index contributed by atoms with van der Waals surface area (Å²) in [5, 5.41) is 3.66. The van der Waals surface area contributed by atoms with Crippen LogP contribution in [0.2, 0.25) is 0 Å². The van der Waals surface area contributed by atoms with Crippen LogP contribution in [-0.2, 0) is 11.3 Å². The topological polar surface area (TPSA) is 64.0 Å². The second-order valence-electron chi connectivity index (χ2n) is 7.15. The number of amides is 1. The number of aryl methyl sites for hydroxylation is 1. The quantitative estimate of drug-likeness (QED) is 0.746. The number of hydrogen-bond donors (Lipinski definition) is 1. The van der Waals surface area contributed by atoms with Gasteiger partial charge in [0, 0.05) is 10.9 Å². The molecule has 1 saturated carbocycles. The molecule has 1 N–H and O–H groups in total. The summed E-state index contributed by atoms with van der Waals surface area (Å²) >= 11 is 1.51. The largest absolute Gasteiger partial charge is 0.352 e. The van der Waals surface area contributed by atoms with E-state index in [0.717, 1.165) is 41.0 Å². The van der Waals surface area contributed by atoms with Gasteiger partial charge in [-0.05, 0) is 31.4 Å². The third kappa shape index (κ3) is 3.81. The summed E-state index contributed by atoms with van der Waals surface area (Å²) in [4.78, 5) is 31.7. The number of fused-ring (bicyclic) bond motifs is 1. The van der Waals surface area contributed by atoms with Crippen LogP contribution in [0.15, 0.2) is 41.2 Å². The van der Waals surface area contributed by atoms with E-state index in [0.29, 0.717) is 11.2 Å². The van der Waals surface area contributed by atoms with E-state index in [-0.39, 0.29) is 24.1 Å². The van der Waals surface area contributed by atoms with Crippen molar-refractivity contribution < 1.29 is 4.79 Å². The van der Waals surface area contributed by atoms with Crippen molar-refractivity contribution in [2.75, 3.05) is 0 Å². The highest BCUT2D eigenvalue weighted by molar-refractivity contribution is 7.21. The van der Waals surface area contributed by atoms with Gasteiger partial charge in [0.25, 0.3) is 5.56 Å². The highest BCUT2D eigenvalue weighted by atomic mass is 32.1. The summed E-state index contributed by atoms with van der Waals surface area (Å²) in [5.41, 5.74) is 0.925. The van der Waals surface area contributed by atoms with E-state index in [9.17, 15) is 9.59 Å². The molecule has 5 nitrogen and oxygen atoms in total. The molecule has 1 aliphatic carbocycles. The molecule has 0 unspecified atom stereocenters. The van der Waals surface area contributed by atoms with Crippen molar-refractivity contribution in [2.45, 2.75) is 51.6 Å². The maximum absolute atomic E-state index is 13.0. The smallest absolute Gasteiger partial charge is 0.262 e. The van der Waals surface area contributed by atoms with Gasteiger partial charge >= 0.3 is 0 Å². The first-order valence-electron chi connectivity index (χ1n) is 9.47. The molecule has 2 aromatic heterocycles. The summed E-state index contributed by atoms with van der Waals surface area (Å²) < 4.78 is 1.49. The lowest BCUT2D eigenvalue weighted by Crippen LogP contribution is -2.40. The molecule has 6 heteroatoms. The lowest BCUT2D eigenvalue weighted by Gasteiger charge is -2.23. The summed E-state index contributed by atoms with van der Waals surface area (Å²) in [7, 11) is 0. The first-order chi connectivity index (χ1) is 13.1. The van der Waals surface area contributed by atoms with Crippen molar-refractivity contribution >= 4 is 27.5 Å². The van der Waals surface area contributed by atoms with Crippen LogP contribution in [0.1, 0.15) is 37.9 Å². The molecule has 1 amide bonds. The fourth-order valence-corrected chi connectivity index (χ4v) is 4.79. The Hall–Kier alpha value is -2.47. The van der Waals surface area contributed by atoms with Gasteiger partial charge in [0.15, 0.2) is 0 Å². The number of rotatable bonds is 4. The van der Waals surface area contributed by atoms with Crippen molar-refractivity contribution in [2.24, 2.45) is 0 Å². The van der Waals surface area contributed by atoms with E-state index in [4.69, 9.17) is 0 Å². The summed E-state index contributed by atoms with van der Waals surface area (Å²) in [6, 6.07) is 12.1. The zero-order valence-corrected chi connectivity index (χ0v) is 16.2. The Bertz CT molecular complexity index is 1020. The van der Waals surface area contributed by atoms with Gasteiger partial charge < -0.3 is 5.32 Å². The average molecular weight is 382 g/mol. The number of nitrogens with zero attached hydrogens (tertiary/aromatic N) is 2. The molecule has 27 heavy (non-hydrogen) atoms. The Kier molecular flexibility index (Phi) is 5.07. The molecule has 1 aliphatic rings. The van der Waals surface area contributed by atoms with Crippen LogP contribution < -0.4 is 10.9 Å². The van der Waals surface area contributed by atoms with Crippen molar-refractivity contribution in [3.63, 3.8) is 0 Å². The molecular weight excluding hydrogens is 358 g/mol. The number of carbonyl (C=O) groups is 1. The molecule has 0 radical (unpaired) electrons. The molecule has 1 aromatic carbocycles. The van der Waals surface area contributed by atoms with Crippen LogP contribution in [0, 0.1) is 6.92 Å². The first kappa shape index (κ1) is 17.9. The van der Waals surface area contributed by atoms with Crippen LogP contribution in [0.4, 0.5) is 0 Å². The Morgan fingerprint density at radius 1 is 1.22 bits per heavy atom. The normalized spacial score (nSPS) is 15.1. The molecule has 0 spiro atoms. The SMILES string of the molecule is Cc1nc2sc(-c3ccccc3)cc2c(=O)n1CC(=O)NC1CCCCC1. The number of nitrogens with one attached hydrogen (secondary N) is 1. The monoisotopic (exact) mass is 381 g/mol. The zero-order chi connectivity index (χ0) is 18.8. The lowest BCUT2D eigenvalue weighted by atomic mass is 9.95. The van der Waals surface area contributed by atoms with Gasteiger partial charge in [-0.25, -0.2) is 4.98 Å². The van der Waals surface area contributed by atoms with Gasteiger partial charge in [0.05, 0.1) is 5.39 Å². The van der Waals surface area contributed by atoms with E-state index >= 15 is 0 Å². The first-order valence-corrected chi connectivity index (χ1v) is 10.3. The molecule has 3 aromatic rings. The molecule has 0 bridgehead atoms. The molecule has 1 fully saturated rings. The van der Waals surface area contributed by atoms with E-state index in [1.807, 2.05) is 36.4 Å². The van der Waals surface area contributed by atoms with Gasteiger partial charge in [0.1, 0.15) is 17.2 Å². The number of aromatic nitrogens is 2. The van der Waals surface area contributed by atoms with Gasteiger partial charge in [-0.15, -0.1) is 11.3 Å². The van der Waals surface area contributed by atoms with Crippen LogP contribution in [0.5, 0.6) is 0 Å². The van der Waals surface area contributed by atoms with Crippen molar-refractivity contribution in [1.29, 1.82) is 0 Å². The number of benzene rings is 1. The molecule has 0 atom stereocenters. The third-order valence-electron chi connectivity index (χ3n) is 5.17. The third-order valence-corrected chi connectivity index (χ3v) is 6.25. The van der Waals surface area contributed by atoms with E-state index < -0.39 is 0 Å². The average Bonchev–Trinajstić information content (AvgIpc) is 3.11. The molecule has 140 valence electrons. The van der Waals surface area contributed by atoms with E-state index in [1.54, 1.807) is 6.92 Å². The Morgan fingerprint density at radius 2 is 1.96 bits per heavy atom. The Labute approximate surface area is 162 Å². The van der Waals surface area contributed by atoms with Gasteiger partial charge in [-0.1, -0.05) is 49.6 Å². The highest BCUT2D eigenvalue weighted by Gasteiger charge is 2.18. The second kappa shape index (κ2) is 7.64. The van der Waals surface area contributed by atoms with Crippen molar-refractivity contribution in [1.82, 2.24) is 14.9 Å². The standard InChI is InChI=1S/C21H23N3O2S/c1-14-22-20-17(12-18(27-20)15-8-4-2-5-9-15)21(26)24(14)13-19(25)23-16-10-6-3-7-11-16/h2,4-5,8-9,12,16H,3,6-7,10-11,13H2,1H3,(H,23,25). The van der Waals surface area contributed by atoms with E-state index in [2.05, 4.69) is 10.3 Å². The summed E-state index contributed by atoms with van der Waals surface area (Å²) in [6.45, 7) is 1.82. The maximum atomic E-state index is 13.0. The van der Waals surface area contributed by atoms with E-state index in [1.165, 1.54) is 22.3 Å². The van der Waals surface area contributed by atoms with Gasteiger partial charge in [0.2, 0.25) is 5.91 Å². The van der Waals surface area contributed by atoms with Crippen molar-refractivity contribution in [3.8, 4) is 10.4 Å². The number of carbonyl (C=O) groups excluding carboxylic acids is 1. The summed E-state index contributed by atoms with van der Waals surface area (Å²) in [6.07, 6.45) is 5.63. The van der Waals surface area contributed by atoms with Crippen LogP contribution in [0.3, 0.4) is 0 Å². The van der Waals surface area contributed by atoms with Crippen LogP contribution >= 0.6 is 11.3 Å². The number of hydrogen-bond acceptors (Lipinski definition) is 4.